The average molecular weight is 210 g/mol. The van der Waals surface area contributed by atoms with Crippen molar-refractivity contribution in [3.05, 3.63) is 0 Å². The van der Waals surface area contributed by atoms with Crippen LogP contribution in [0.25, 0.3) is 0 Å². The van der Waals surface area contributed by atoms with Gasteiger partial charge in [-0.15, -0.1) is 0 Å². The van der Waals surface area contributed by atoms with E-state index in [0.717, 1.165) is 4.90 Å². The van der Waals surface area contributed by atoms with Gasteiger partial charge in [-0.2, -0.15) is 13.2 Å². The molecule has 0 radical (unpaired) electrons. The Morgan fingerprint density at radius 3 is 2.71 bits per heavy atom. The fourth-order valence-corrected chi connectivity index (χ4v) is 1.50. The summed E-state index contributed by atoms with van der Waals surface area (Å²) in [5.41, 5.74) is 0. The molecule has 0 saturated carbocycles. The van der Waals surface area contributed by atoms with Crippen molar-refractivity contribution >= 4 is 5.91 Å². The highest BCUT2D eigenvalue weighted by Gasteiger charge is 2.45. The summed E-state index contributed by atoms with van der Waals surface area (Å²) in [6.07, 6.45) is -4.22. The van der Waals surface area contributed by atoms with Gasteiger partial charge in [-0.05, 0) is 0 Å². The molecular weight excluding hydrogens is 197 g/mol. The minimum Gasteiger partial charge on any atom is -0.328 e. The molecule has 1 N–H and O–H groups in total. The standard InChI is InChI=1S/C8H13F3N2O/c1-2-7(14)13-4-3-12-5-6(13)8(9,10)11/h6,12H,2-5H2,1H3/t6-/m0/s1. The minimum atomic E-state index is -4.34. The molecule has 0 bridgehead atoms. The first-order valence-corrected chi connectivity index (χ1v) is 4.53. The normalized spacial score (nSPS) is 23.7. The second-order valence-electron chi connectivity index (χ2n) is 3.20. The average Bonchev–Trinajstić information content (AvgIpc) is 2.15. The van der Waals surface area contributed by atoms with Gasteiger partial charge in [0.05, 0.1) is 0 Å². The van der Waals surface area contributed by atoms with E-state index in [1.165, 1.54) is 0 Å². The Hall–Kier alpha value is -0.780. The third-order valence-corrected chi connectivity index (χ3v) is 2.24. The maximum Gasteiger partial charge on any atom is 0.410 e. The van der Waals surface area contributed by atoms with Gasteiger partial charge in [-0.25, -0.2) is 0 Å². The molecule has 1 atom stereocenters. The Morgan fingerprint density at radius 2 is 2.21 bits per heavy atom. The predicted molar refractivity (Wildman–Crippen MR) is 44.7 cm³/mol. The molecule has 0 aromatic rings. The second-order valence-corrected chi connectivity index (χ2v) is 3.20. The number of nitrogens with zero attached hydrogens (tertiary/aromatic N) is 1. The Labute approximate surface area is 80.3 Å². The van der Waals surface area contributed by atoms with Gasteiger partial charge < -0.3 is 10.2 Å². The van der Waals surface area contributed by atoms with Crippen molar-refractivity contribution in [3.8, 4) is 0 Å². The van der Waals surface area contributed by atoms with Gasteiger partial charge in [0.2, 0.25) is 5.91 Å². The van der Waals surface area contributed by atoms with Crippen molar-refractivity contribution in [3.63, 3.8) is 0 Å². The van der Waals surface area contributed by atoms with Crippen LogP contribution in [0.3, 0.4) is 0 Å². The lowest BCUT2D eigenvalue weighted by Crippen LogP contribution is -2.59. The maximum atomic E-state index is 12.5. The van der Waals surface area contributed by atoms with Crippen LogP contribution in [0.2, 0.25) is 0 Å². The molecule has 1 aliphatic rings. The number of halogens is 3. The molecule has 1 saturated heterocycles. The number of amides is 1. The van der Waals surface area contributed by atoms with Gasteiger partial charge in [0.15, 0.2) is 0 Å². The summed E-state index contributed by atoms with van der Waals surface area (Å²) in [7, 11) is 0. The minimum absolute atomic E-state index is 0.118. The topological polar surface area (TPSA) is 32.3 Å². The number of hydrogen-bond donors (Lipinski definition) is 1. The van der Waals surface area contributed by atoms with E-state index in [1.54, 1.807) is 6.92 Å². The van der Waals surface area contributed by atoms with Gasteiger partial charge in [0.1, 0.15) is 6.04 Å². The van der Waals surface area contributed by atoms with E-state index in [-0.39, 0.29) is 19.5 Å². The van der Waals surface area contributed by atoms with Crippen LogP contribution in [0.5, 0.6) is 0 Å². The summed E-state index contributed by atoms with van der Waals surface area (Å²) >= 11 is 0. The number of piperazine rings is 1. The molecule has 1 aliphatic heterocycles. The number of carbonyl (C=O) groups is 1. The van der Waals surface area contributed by atoms with Crippen LogP contribution in [0.1, 0.15) is 13.3 Å². The Kier molecular flexibility index (Phi) is 3.36. The zero-order chi connectivity index (χ0) is 10.8. The summed E-state index contributed by atoms with van der Waals surface area (Å²) in [4.78, 5) is 12.1. The number of alkyl halides is 3. The monoisotopic (exact) mass is 210 g/mol. The SMILES string of the molecule is CCC(=O)N1CCNC[C@H]1C(F)(F)F. The van der Waals surface area contributed by atoms with Gasteiger partial charge in [0.25, 0.3) is 0 Å². The van der Waals surface area contributed by atoms with Crippen LogP contribution in [0.15, 0.2) is 0 Å². The molecule has 0 aromatic carbocycles. The first-order chi connectivity index (χ1) is 6.46. The van der Waals surface area contributed by atoms with Crippen molar-refractivity contribution < 1.29 is 18.0 Å². The van der Waals surface area contributed by atoms with Crippen molar-refractivity contribution in [2.75, 3.05) is 19.6 Å². The highest BCUT2D eigenvalue weighted by atomic mass is 19.4. The van der Waals surface area contributed by atoms with Gasteiger partial charge in [-0.1, -0.05) is 6.92 Å². The zero-order valence-electron chi connectivity index (χ0n) is 7.90. The lowest BCUT2D eigenvalue weighted by Gasteiger charge is -2.37. The third-order valence-electron chi connectivity index (χ3n) is 2.24. The molecule has 0 aromatic heterocycles. The van der Waals surface area contributed by atoms with Gasteiger partial charge >= 0.3 is 6.18 Å². The summed E-state index contributed by atoms with van der Waals surface area (Å²) < 4.78 is 37.4. The maximum absolute atomic E-state index is 12.5. The van der Waals surface area contributed by atoms with Gasteiger partial charge in [0, 0.05) is 26.1 Å². The number of hydrogen-bond acceptors (Lipinski definition) is 2. The molecule has 6 heteroatoms. The molecule has 1 heterocycles. The van der Waals surface area contributed by atoms with E-state index in [9.17, 15) is 18.0 Å². The zero-order valence-corrected chi connectivity index (χ0v) is 7.90. The summed E-state index contributed by atoms with van der Waals surface area (Å²) in [6.45, 7) is 1.93. The van der Waals surface area contributed by atoms with E-state index >= 15 is 0 Å². The van der Waals surface area contributed by atoms with Crippen molar-refractivity contribution in [2.24, 2.45) is 0 Å². The van der Waals surface area contributed by atoms with Crippen molar-refractivity contribution in [1.29, 1.82) is 0 Å². The molecular formula is C8H13F3N2O. The molecule has 1 fully saturated rings. The van der Waals surface area contributed by atoms with Crippen LogP contribution in [-0.2, 0) is 4.79 Å². The smallest absolute Gasteiger partial charge is 0.328 e. The third kappa shape index (κ3) is 2.37. The fourth-order valence-electron chi connectivity index (χ4n) is 1.50. The largest absolute Gasteiger partial charge is 0.410 e. The predicted octanol–water partition coefficient (Wildman–Crippen LogP) is 0.759. The first kappa shape index (κ1) is 11.3. The molecule has 3 nitrogen and oxygen atoms in total. The highest BCUT2D eigenvalue weighted by Crippen LogP contribution is 2.26. The Balaban J connectivity index is 2.74. The van der Waals surface area contributed by atoms with E-state index in [0.29, 0.717) is 6.54 Å². The molecule has 0 unspecified atom stereocenters. The lowest BCUT2D eigenvalue weighted by atomic mass is 10.1. The van der Waals surface area contributed by atoms with Gasteiger partial charge in [-0.3, -0.25) is 4.79 Å². The Bertz CT molecular complexity index is 217. The highest BCUT2D eigenvalue weighted by molar-refractivity contribution is 5.76. The van der Waals surface area contributed by atoms with E-state index in [2.05, 4.69) is 5.32 Å². The molecule has 0 aliphatic carbocycles. The summed E-state index contributed by atoms with van der Waals surface area (Å²) in [5, 5.41) is 2.64. The van der Waals surface area contributed by atoms with Crippen LogP contribution >= 0.6 is 0 Å². The molecule has 0 spiro atoms. The number of nitrogens with one attached hydrogen (secondary N) is 1. The lowest BCUT2D eigenvalue weighted by molar-refractivity contribution is -0.192. The van der Waals surface area contributed by atoms with E-state index in [1.807, 2.05) is 0 Å². The van der Waals surface area contributed by atoms with Crippen molar-refractivity contribution in [1.82, 2.24) is 10.2 Å². The van der Waals surface area contributed by atoms with Crippen molar-refractivity contribution in [2.45, 2.75) is 25.6 Å². The summed E-state index contributed by atoms with van der Waals surface area (Å²) in [6, 6.07) is -1.66. The summed E-state index contributed by atoms with van der Waals surface area (Å²) in [5.74, 6) is -0.436. The molecule has 1 amide bonds. The fraction of sp³-hybridized carbons (Fsp3) is 0.875. The molecule has 82 valence electrons. The van der Waals surface area contributed by atoms with E-state index in [4.69, 9.17) is 0 Å². The number of carbonyl (C=O) groups excluding carboxylic acids is 1. The second kappa shape index (κ2) is 4.16. The van der Waals surface area contributed by atoms with E-state index < -0.39 is 18.1 Å². The molecule has 14 heavy (non-hydrogen) atoms. The first-order valence-electron chi connectivity index (χ1n) is 4.53. The number of rotatable bonds is 1. The van der Waals surface area contributed by atoms with Crippen LogP contribution < -0.4 is 5.32 Å². The van der Waals surface area contributed by atoms with Crippen LogP contribution in [0.4, 0.5) is 13.2 Å². The quantitative estimate of drug-likeness (QED) is 0.693. The van der Waals surface area contributed by atoms with Crippen LogP contribution in [0, 0.1) is 0 Å². The Morgan fingerprint density at radius 1 is 1.57 bits per heavy atom. The molecule has 1 rings (SSSR count). The van der Waals surface area contributed by atoms with Crippen LogP contribution in [-0.4, -0.2) is 42.7 Å².